The molecule has 0 atom stereocenters. The molecule has 13 heavy (non-hydrogen) atoms. The Bertz CT molecular complexity index is 301. The third kappa shape index (κ3) is 3.08. The van der Waals surface area contributed by atoms with E-state index in [1.165, 1.54) is 0 Å². The molecule has 0 aliphatic rings. The summed E-state index contributed by atoms with van der Waals surface area (Å²) in [5.74, 6) is 0.332. The Labute approximate surface area is 75.6 Å². The maximum atomic E-state index is 10.3. The second-order valence-electron chi connectivity index (χ2n) is 2.48. The molecule has 0 unspecified atom stereocenters. The molecule has 0 aromatic carbocycles. The second kappa shape index (κ2) is 4.42. The summed E-state index contributed by atoms with van der Waals surface area (Å²) in [6, 6.07) is 5.14. The molecule has 0 fully saturated rings. The zero-order valence-corrected chi connectivity index (χ0v) is 7.03. The average Bonchev–Trinajstić information content (AvgIpc) is 2.04. The largest absolute Gasteiger partial charge is 0.465 e. The van der Waals surface area contributed by atoms with Crippen molar-refractivity contribution in [2.75, 3.05) is 11.9 Å². The Morgan fingerprint density at radius 1 is 1.62 bits per heavy atom. The highest BCUT2D eigenvalue weighted by molar-refractivity contribution is 5.81. The van der Waals surface area contributed by atoms with E-state index in [1.807, 2.05) is 0 Å². The van der Waals surface area contributed by atoms with Crippen LogP contribution in [0.2, 0.25) is 0 Å². The highest BCUT2D eigenvalue weighted by Crippen LogP contribution is 2.04. The maximum Gasteiger partial charge on any atom is 0.410 e. The van der Waals surface area contributed by atoms with E-state index in [1.54, 1.807) is 18.2 Å². The van der Waals surface area contributed by atoms with E-state index in [2.05, 4.69) is 10.3 Å². The van der Waals surface area contributed by atoms with Gasteiger partial charge in [0.15, 0.2) is 0 Å². The van der Waals surface area contributed by atoms with Crippen molar-refractivity contribution in [3.63, 3.8) is 0 Å². The molecule has 0 saturated heterocycles. The maximum absolute atomic E-state index is 10.3. The number of hydrogen-bond donors (Lipinski definition) is 3. The van der Waals surface area contributed by atoms with Crippen LogP contribution in [0.3, 0.4) is 0 Å². The number of carboxylic acid groups (broad SMARTS) is 1. The molecule has 1 aromatic heterocycles. The molecule has 5 nitrogen and oxygen atoms in total. The molecule has 0 aliphatic carbocycles. The van der Waals surface area contributed by atoms with Gasteiger partial charge in [-0.3, -0.25) is 5.32 Å². The van der Waals surface area contributed by atoms with E-state index in [9.17, 15) is 4.79 Å². The Morgan fingerprint density at radius 2 is 2.38 bits per heavy atom. The van der Waals surface area contributed by atoms with Crippen molar-refractivity contribution >= 4 is 11.9 Å². The van der Waals surface area contributed by atoms with Crippen molar-refractivity contribution in [3.05, 3.63) is 23.9 Å². The summed E-state index contributed by atoms with van der Waals surface area (Å²) in [6.45, 7) is 0.503. The predicted molar refractivity (Wildman–Crippen MR) is 48.6 cm³/mol. The highest BCUT2D eigenvalue weighted by atomic mass is 16.4. The third-order valence-corrected chi connectivity index (χ3v) is 1.44. The van der Waals surface area contributed by atoms with Crippen LogP contribution < -0.4 is 11.1 Å². The summed E-state index contributed by atoms with van der Waals surface area (Å²) in [6.07, 6.45) is -0.466. The van der Waals surface area contributed by atoms with Crippen LogP contribution in [0.25, 0.3) is 0 Å². The lowest BCUT2D eigenvalue weighted by Crippen LogP contribution is -2.10. The van der Waals surface area contributed by atoms with Crippen LogP contribution in [-0.2, 0) is 6.42 Å². The summed E-state index contributed by atoms with van der Waals surface area (Å²) in [7, 11) is 0. The zero-order chi connectivity index (χ0) is 9.68. The van der Waals surface area contributed by atoms with Gasteiger partial charge >= 0.3 is 6.09 Å². The molecule has 0 saturated carbocycles. The molecule has 1 rings (SSSR count). The highest BCUT2D eigenvalue weighted by Gasteiger charge is 1.99. The number of anilines is 1. The molecule has 0 aliphatic heterocycles. The van der Waals surface area contributed by atoms with E-state index in [0.717, 1.165) is 5.69 Å². The number of nitrogens with zero attached hydrogens (tertiary/aromatic N) is 1. The SMILES string of the molecule is NCCc1cccc(NC(=O)O)n1. The van der Waals surface area contributed by atoms with E-state index in [-0.39, 0.29) is 0 Å². The second-order valence-corrected chi connectivity index (χ2v) is 2.48. The van der Waals surface area contributed by atoms with Crippen LogP contribution in [0.1, 0.15) is 5.69 Å². The number of aromatic nitrogens is 1. The van der Waals surface area contributed by atoms with Gasteiger partial charge < -0.3 is 10.8 Å². The summed E-state index contributed by atoms with van der Waals surface area (Å²) in [4.78, 5) is 14.3. The minimum atomic E-state index is -1.11. The lowest BCUT2D eigenvalue weighted by molar-refractivity contribution is 0.209. The first-order chi connectivity index (χ1) is 6.22. The van der Waals surface area contributed by atoms with Crippen LogP contribution in [0.5, 0.6) is 0 Å². The van der Waals surface area contributed by atoms with Gasteiger partial charge in [-0.1, -0.05) is 6.07 Å². The molecule has 0 radical (unpaired) electrons. The summed E-state index contributed by atoms with van der Waals surface area (Å²) >= 11 is 0. The van der Waals surface area contributed by atoms with Crippen molar-refractivity contribution in [2.24, 2.45) is 5.73 Å². The van der Waals surface area contributed by atoms with Crippen LogP contribution in [-0.4, -0.2) is 22.7 Å². The van der Waals surface area contributed by atoms with E-state index in [0.29, 0.717) is 18.8 Å². The number of hydrogen-bond acceptors (Lipinski definition) is 3. The summed E-state index contributed by atoms with van der Waals surface area (Å²) in [5.41, 5.74) is 6.12. The molecular formula is C8H11N3O2. The quantitative estimate of drug-likeness (QED) is 0.639. The first-order valence-electron chi connectivity index (χ1n) is 3.88. The number of rotatable bonds is 3. The fourth-order valence-corrected chi connectivity index (χ4v) is 0.946. The fourth-order valence-electron chi connectivity index (χ4n) is 0.946. The molecule has 4 N–H and O–H groups in total. The standard InChI is InChI=1S/C8H11N3O2/c9-5-4-6-2-1-3-7(10-6)11-8(12)13/h1-3H,4-5,9H2,(H,10,11)(H,12,13). The Kier molecular flexibility index (Phi) is 3.22. The van der Waals surface area contributed by atoms with Crippen LogP contribution >= 0.6 is 0 Å². The normalized spacial score (nSPS) is 9.62. The van der Waals surface area contributed by atoms with Gasteiger partial charge in [0.1, 0.15) is 5.82 Å². The van der Waals surface area contributed by atoms with Gasteiger partial charge in [-0.25, -0.2) is 9.78 Å². The summed E-state index contributed by atoms with van der Waals surface area (Å²) < 4.78 is 0. The van der Waals surface area contributed by atoms with Crippen molar-refractivity contribution in [3.8, 4) is 0 Å². The monoisotopic (exact) mass is 181 g/mol. The van der Waals surface area contributed by atoms with Crippen LogP contribution in [0, 0.1) is 0 Å². The molecule has 1 aromatic rings. The van der Waals surface area contributed by atoms with Gasteiger partial charge in [0.2, 0.25) is 0 Å². The van der Waals surface area contributed by atoms with Gasteiger partial charge in [0.05, 0.1) is 0 Å². The fraction of sp³-hybridized carbons (Fsp3) is 0.250. The van der Waals surface area contributed by atoms with Crippen LogP contribution in [0.15, 0.2) is 18.2 Å². The lowest BCUT2D eigenvalue weighted by atomic mass is 10.3. The minimum Gasteiger partial charge on any atom is -0.465 e. The van der Waals surface area contributed by atoms with Crippen molar-refractivity contribution in [2.45, 2.75) is 6.42 Å². The molecule has 1 heterocycles. The van der Waals surface area contributed by atoms with Gasteiger partial charge in [0.25, 0.3) is 0 Å². The Morgan fingerprint density at radius 3 is 3.00 bits per heavy atom. The number of nitrogens with one attached hydrogen (secondary N) is 1. The molecule has 70 valence electrons. The molecule has 5 heteroatoms. The van der Waals surface area contributed by atoms with Gasteiger partial charge in [-0.15, -0.1) is 0 Å². The number of pyridine rings is 1. The van der Waals surface area contributed by atoms with Gasteiger partial charge in [-0.05, 0) is 18.7 Å². The Balaban J connectivity index is 2.73. The third-order valence-electron chi connectivity index (χ3n) is 1.44. The van der Waals surface area contributed by atoms with Gasteiger partial charge in [0, 0.05) is 12.1 Å². The first kappa shape index (κ1) is 9.47. The number of carbonyl (C=O) groups is 1. The van der Waals surface area contributed by atoms with E-state index in [4.69, 9.17) is 10.8 Å². The molecular weight excluding hydrogens is 170 g/mol. The van der Waals surface area contributed by atoms with E-state index >= 15 is 0 Å². The van der Waals surface area contributed by atoms with Crippen molar-refractivity contribution in [1.82, 2.24) is 4.98 Å². The summed E-state index contributed by atoms with van der Waals surface area (Å²) in [5, 5.41) is 10.6. The number of nitrogens with two attached hydrogens (primary N) is 1. The predicted octanol–water partition coefficient (Wildman–Crippen LogP) is 0.673. The van der Waals surface area contributed by atoms with Gasteiger partial charge in [-0.2, -0.15) is 0 Å². The number of amides is 1. The molecule has 1 amide bonds. The van der Waals surface area contributed by atoms with Crippen LogP contribution in [0.4, 0.5) is 10.6 Å². The Hall–Kier alpha value is -1.62. The smallest absolute Gasteiger partial charge is 0.410 e. The lowest BCUT2D eigenvalue weighted by Gasteiger charge is -2.01. The molecule has 0 bridgehead atoms. The van der Waals surface area contributed by atoms with Crippen molar-refractivity contribution < 1.29 is 9.90 Å². The zero-order valence-electron chi connectivity index (χ0n) is 7.03. The first-order valence-corrected chi connectivity index (χ1v) is 3.88. The minimum absolute atomic E-state index is 0.332. The topological polar surface area (TPSA) is 88.2 Å². The van der Waals surface area contributed by atoms with Crippen molar-refractivity contribution in [1.29, 1.82) is 0 Å². The molecule has 0 spiro atoms. The van der Waals surface area contributed by atoms with E-state index < -0.39 is 6.09 Å². The average molecular weight is 181 g/mol.